The molecule has 0 aliphatic heterocycles. The molecule has 5 nitrogen and oxygen atoms in total. The maximum Gasteiger partial charge on any atom is 0.339 e. The molecule has 3 aliphatic rings. The van der Waals surface area contributed by atoms with Gasteiger partial charge in [0.05, 0.1) is 16.8 Å². The van der Waals surface area contributed by atoms with E-state index in [0.717, 1.165) is 48.6 Å². The first-order valence-corrected chi connectivity index (χ1v) is 15.0. The van der Waals surface area contributed by atoms with E-state index in [1.807, 2.05) is 66.7 Å². The number of aromatic nitrogens is 1. The number of para-hydroxylation sites is 1. The molecule has 7 rings (SSSR count). The van der Waals surface area contributed by atoms with Gasteiger partial charge in [-0.15, -0.1) is 0 Å². The Morgan fingerprint density at radius 3 is 2.67 bits per heavy atom. The van der Waals surface area contributed by atoms with Crippen molar-refractivity contribution in [2.45, 2.75) is 57.0 Å². The second kappa shape index (κ2) is 10.3. The number of carbonyl (C=O) groups is 1. The molecule has 1 aromatic heterocycles. The molecule has 3 aromatic carbocycles. The fourth-order valence-corrected chi connectivity index (χ4v) is 8.25. The average molecular weight is 558 g/mol. The number of carbonyl (C=O) groups excluding carboxylic acids is 1. The van der Waals surface area contributed by atoms with Crippen molar-refractivity contribution in [1.29, 1.82) is 0 Å². The molecule has 5 atom stereocenters. The maximum atomic E-state index is 13.3. The van der Waals surface area contributed by atoms with Gasteiger partial charge in [0.1, 0.15) is 11.4 Å². The molecule has 4 aromatic rings. The summed E-state index contributed by atoms with van der Waals surface area (Å²) in [5.74, 6) is 7.47. The summed E-state index contributed by atoms with van der Waals surface area (Å²) >= 11 is 0. The average Bonchev–Trinajstić information content (AvgIpc) is 3.29. The Kier molecular flexibility index (Phi) is 6.55. The van der Waals surface area contributed by atoms with Gasteiger partial charge in [0.25, 0.3) is 0 Å². The minimum absolute atomic E-state index is 0.0812. The van der Waals surface area contributed by atoms with Crippen molar-refractivity contribution in [3.63, 3.8) is 0 Å². The predicted octanol–water partition coefficient (Wildman–Crippen LogP) is 7.06. The van der Waals surface area contributed by atoms with E-state index in [9.17, 15) is 15.0 Å². The first-order valence-electron chi connectivity index (χ1n) is 15.0. The van der Waals surface area contributed by atoms with Gasteiger partial charge in [-0.3, -0.25) is 0 Å². The molecule has 0 spiro atoms. The van der Waals surface area contributed by atoms with Crippen molar-refractivity contribution in [2.24, 2.45) is 17.3 Å². The van der Waals surface area contributed by atoms with E-state index in [-0.39, 0.29) is 12.0 Å². The number of hydrogen-bond donors (Lipinski definition) is 2. The zero-order valence-electron chi connectivity index (χ0n) is 23.8. The third-order valence-electron chi connectivity index (χ3n) is 10.4. The van der Waals surface area contributed by atoms with Crippen LogP contribution >= 0.6 is 0 Å². The van der Waals surface area contributed by atoms with Crippen LogP contribution in [-0.2, 0) is 11.2 Å². The lowest BCUT2D eigenvalue weighted by atomic mass is 9.53. The lowest BCUT2D eigenvalue weighted by Crippen LogP contribution is -2.50. The lowest BCUT2D eigenvalue weighted by Gasteiger charge is -2.52. The Morgan fingerprint density at radius 2 is 1.81 bits per heavy atom. The normalized spacial score (nSPS) is 27.7. The monoisotopic (exact) mass is 557 g/mol. The molecule has 0 bridgehead atoms. The summed E-state index contributed by atoms with van der Waals surface area (Å²) in [5, 5.41) is 22.6. The van der Waals surface area contributed by atoms with E-state index in [2.05, 4.69) is 24.8 Å². The molecule has 0 amide bonds. The van der Waals surface area contributed by atoms with Crippen LogP contribution in [0.1, 0.15) is 66.4 Å². The van der Waals surface area contributed by atoms with Crippen molar-refractivity contribution in [2.75, 3.05) is 6.61 Å². The number of phenolic OH excluding ortho intramolecular Hbond substituents is 1. The molecule has 5 heteroatoms. The molecule has 0 radical (unpaired) electrons. The SMILES string of the molecule is C[C@]12CC[C@@H]3c4ccc(O)cc4CC[C@H]3[C@@H]1CC[C@]2(O)C#CCOC(=O)c1cc(-c2ccccc2)nc2ccccc12. The third-order valence-corrected chi connectivity index (χ3v) is 10.4. The van der Waals surface area contributed by atoms with Crippen LogP contribution < -0.4 is 0 Å². The third kappa shape index (κ3) is 4.37. The molecule has 212 valence electrons. The van der Waals surface area contributed by atoms with Gasteiger partial charge < -0.3 is 14.9 Å². The van der Waals surface area contributed by atoms with Crippen LogP contribution in [-0.4, -0.2) is 33.4 Å². The Bertz CT molecular complexity index is 1740. The van der Waals surface area contributed by atoms with Crippen molar-refractivity contribution in [3.8, 4) is 28.8 Å². The van der Waals surface area contributed by atoms with E-state index < -0.39 is 11.6 Å². The van der Waals surface area contributed by atoms with Gasteiger partial charge in [0.2, 0.25) is 0 Å². The van der Waals surface area contributed by atoms with Gasteiger partial charge in [-0.05, 0) is 91.7 Å². The molecule has 0 saturated heterocycles. The highest BCUT2D eigenvalue weighted by atomic mass is 16.5. The molecular weight excluding hydrogens is 522 g/mol. The largest absolute Gasteiger partial charge is 0.508 e. The van der Waals surface area contributed by atoms with E-state index in [1.165, 1.54) is 11.1 Å². The summed E-state index contributed by atoms with van der Waals surface area (Å²) < 4.78 is 5.66. The maximum absolute atomic E-state index is 13.3. The van der Waals surface area contributed by atoms with E-state index in [0.29, 0.717) is 41.2 Å². The molecule has 42 heavy (non-hydrogen) atoms. The second-order valence-electron chi connectivity index (χ2n) is 12.5. The number of hydrogen-bond acceptors (Lipinski definition) is 5. The fourth-order valence-electron chi connectivity index (χ4n) is 8.25. The van der Waals surface area contributed by atoms with E-state index in [1.54, 1.807) is 6.07 Å². The van der Waals surface area contributed by atoms with Crippen LogP contribution in [0.2, 0.25) is 0 Å². The smallest absolute Gasteiger partial charge is 0.339 e. The summed E-state index contributed by atoms with van der Waals surface area (Å²) in [6, 6.07) is 25.0. The van der Waals surface area contributed by atoms with E-state index >= 15 is 0 Å². The number of ether oxygens (including phenoxy) is 1. The molecule has 0 unspecified atom stereocenters. The summed E-state index contributed by atoms with van der Waals surface area (Å²) in [6.45, 7) is 2.13. The van der Waals surface area contributed by atoms with Crippen molar-refractivity contribution in [3.05, 3.63) is 95.6 Å². The zero-order chi connectivity index (χ0) is 28.9. The minimum atomic E-state index is -1.10. The summed E-state index contributed by atoms with van der Waals surface area (Å²) in [6.07, 6.45) is 5.53. The molecule has 2 saturated carbocycles. The van der Waals surface area contributed by atoms with Gasteiger partial charge in [-0.2, -0.15) is 0 Å². The van der Waals surface area contributed by atoms with Crippen LogP contribution in [0.4, 0.5) is 0 Å². The van der Waals surface area contributed by atoms with Gasteiger partial charge in [0, 0.05) is 16.4 Å². The number of nitrogens with zero attached hydrogens (tertiary/aromatic N) is 1. The van der Waals surface area contributed by atoms with Gasteiger partial charge >= 0.3 is 5.97 Å². The molecule has 1 heterocycles. The number of pyridine rings is 1. The number of esters is 1. The zero-order valence-corrected chi connectivity index (χ0v) is 23.8. The lowest BCUT2D eigenvalue weighted by molar-refractivity contribution is -0.0649. The highest BCUT2D eigenvalue weighted by Crippen LogP contribution is 2.64. The predicted molar refractivity (Wildman–Crippen MR) is 163 cm³/mol. The van der Waals surface area contributed by atoms with Crippen LogP contribution in [0.3, 0.4) is 0 Å². The number of phenols is 1. The molecular formula is C37H35NO4. The number of aryl methyl sites for hydroxylation is 1. The second-order valence-corrected chi connectivity index (χ2v) is 12.5. The fraction of sp³-hybridized carbons (Fsp3) is 0.351. The van der Waals surface area contributed by atoms with Crippen LogP contribution in [0, 0.1) is 29.1 Å². The first kappa shape index (κ1) is 26.7. The topological polar surface area (TPSA) is 79.6 Å². The highest BCUT2D eigenvalue weighted by molar-refractivity contribution is 6.04. The van der Waals surface area contributed by atoms with E-state index in [4.69, 9.17) is 9.72 Å². The number of aliphatic hydroxyl groups is 1. The number of aromatic hydroxyl groups is 1. The number of rotatable bonds is 3. The molecule has 2 fully saturated rings. The Morgan fingerprint density at radius 1 is 1.00 bits per heavy atom. The Balaban J connectivity index is 1.08. The van der Waals surface area contributed by atoms with Crippen LogP contribution in [0.15, 0.2) is 78.9 Å². The first-order chi connectivity index (χ1) is 20.4. The quantitative estimate of drug-likeness (QED) is 0.208. The molecule has 2 N–H and O–H groups in total. The van der Waals surface area contributed by atoms with Crippen molar-refractivity contribution < 1.29 is 19.7 Å². The summed E-state index contributed by atoms with van der Waals surface area (Å²) in [4.78, 5) is 18.0. The van der Waals surface area contributed by atoms with Gasteiger partial charge in [-0.1, -0.05) is 73.4 Å². The highest BCUT2D eigenvalue weighted by Gasteiger charge is 2.61. The molecule has 3 aliphatic carbocycles. The summed E-state index contributed by atoms with van der Waals surface area (Å²) in [5.41, 5.74) is 4.07. The Labute approximate surface area is 246 Å². The van der Waals surface area contributed by atoms with Crippen molar-refractivity contribution >= 4 is 16.9 Å². The van der Waals surface area contributed by atoms with Crippen molar-refractivity contribution in [1.82, 2.24) is 4.98 Å². The number of benzene rings is 3. The Hall–Kier alpha value is -4.14. The number of fused-ring (bicyclic) bond motifs is 6. The van der Waals surface area contributed by atoms with Gasteiger partial charge in [0.15, 0.2) is 6.61 Å². The van der Waals surface area contributed by atoms with Gasteiger partial charge in [-0.25, -0.2) is 9.78 Å². The van der Waals surface area contributed by atoms with Crippen LogP contribution in [0.5, 0.6) is 5.75 Å². The standard InChI is InChI=1S/C37H35NO4/c1-36-19-16-28-27-15-13-26(39)22-25(27)12-14-29(28)32(36)17-20-37(36,41)18-7-21-42-35(40)31-23-34(24-8-3-2-4-9-24)38-33-11-6-5-10-30(31)33/h2-6,8-11,13,15,22-23,28-29,32,39,41H,12,14,16-17,19-21H2,1H3/t28-,29-,32+,36+,37-/m1/s1. The van der Waals surface area contributed by atoms with Crippen LogP contribution in [0.25, 0.3) is 22.2 Å². The summed E-state index contributed by atoms with van der Waals surface area (Å²) in [7, 11) is 0. The minimum Gasteiger partial charge on any atom is -0.508 e.